The second-order valence-electron chi connectivity index (χ2n) is 6.04. The van der Waals surface area contributed by atoms with Crippen LogP contribution in [0.3, 0.4) is 0 Å². The number of rotatable bonds is 3. The van der Waals surface area contributed by atoms with Gasteiger partial charge in [0.25, 0.3) is 0 Å². The lowest BCUT2D eigenvalue weighted by Gasteiger charge is -2.39. The van der Waals surface area contributed by atoms with Crippen LogP contribution in [0.1, 0.15) is 6.04 Å². The first-order valence-electron chi connectivity index (χ1n) is 7.93. The van der Waals surface area contributed by atoms with Crippen LogP contribution in [0.25, 0.3) is 5.65 Å². The number of carbonyl (C=O) groups is 1. The molecular weight excluding hydrogens is 308 g/mol. The average molecular weight is 324 g/mol. The van der Waals surface area contributed by atoms with Crippen molar-refractivity contribution in [3.63, 3.8) is 0 Å². The van der Waals surface area contributed by atoms with Crippen LogP contribution in [0.2, 0.25) is 0 Å². The smallest absolute Gasteiger partial charge is 0.322 e. The summed E-state index contributed by atoms with van der Waals surface area (Å²) in [6, 6.07) is 4.20. The molecule has 2 aliphatic heterocycles. The largest absolute Gasteiger partial charge is 0.351 e. The summed E-state index contributed by atoms with van der Waals surface area (Å²) in [4.78, 5) is 19.8. The van der Waals surface area contributed by atoms with Gasteiger partial charge in [-0.1, -0.05) is 0 Å². The summed E-state index contributed by atoms with van der Waals surface area (Å²) in [6.45, 7) is 3.07. The molecule has 0 unspecified atom stereocenters. The van der Waals surface area contributed by atoms with Crippen LogP contribution in [0.4, 0.5) is 16.3 Å². The molecule has 0 aliphatic carbocycles. The van der Waals surface area contributed by atoms with Gasteiger partial charge in [0.05, 0.1) is 17.9 Å². The summed E-state index contributed by atoms with van der Waals surface area (Å²) in [6.07, 6.45) is 7.28. The predicted octanol–water partition coefficient (Wildman–Crippen LogP) is 0.517. The summed E-state index contributed by atoms with van der Waals surface area (Å²) in [5.74, 6) is 0.933. The minimum Gasteiger partial charge on any atom is -0.351 e. The number of aromatic nitrogens is 5. The van der Waals surface area contributed by atoms with E-state index in [2.05, 4.69) is 25.4 Å². The molecule has 24 heavy (non-hydrogen) atoms. The van der Waals surface area contributed by atoms with Gasteiger partial charge < -0.3 is 10.2 Å². The number of fused-ring (bicyclic) bond motifs is 1. The van der Waals surface area contributed by atoms with Crippen LogP contribution in [-0.2, 0) is 0 Å². The van der Waals surface area contributed by atoms with E-state index in [0.717, 1.165) is 30.2 Å². The topological polar surface area (TPSA) is 83.6 Å². The van der Waals surface area contributed by atoms with Crippen LogP contribution in [0, 0.1) is 0 Å². The Kier molecular flexibility index (Phi) is 2.75. The number of amides is 2. The summed E-state index contributed by atoms with van der Waals surface area (Å²) < 4.78 is 3.72. The Morgan fingerprint density at radius 3 is 3.00 bits per heavy atom. The highest BCUT2D eigenvalue weighted by molar-refractivity contribution is 5.93. The molecule has 9 heteroatoms. The molecule has 5 rings (SSSR count). The summed E-state index contributed by atoms with van der Waals surface area (Å²) in [5, 5.41) is 11.8. The van der Waals surface area contributed by atoms with Gasteiger partial charge in [-0.2, -0.15) is 5.10 Å². The fourth-order valence-electron chi connectivity index (χ4n) is 3.17. The highest BCUT2D eigenvalue weighted by Gasteiger charge is 2.31. The molecule has 5 heterocycles. The van der Waals surface area contributed by atoms with Gasteiger partial charge in [-0.25, -0.2) is 14.3 Å². The lowest BCUT2D eigenvalue weighted by atomic mass is 10.1. The molecule has 3 aromatic rings. The zero-order valence-corrected chi connectivity index (χ0v) is 12.9. The van der Waals surface area contributed by atoms with Gasteiger partial charge in [0.2, 0.25) is 0 Å². The van der Waals surface area contributed by atoms with Crippen molar-refractivity contribution < 1.29 is 4.79 Å². The molecule has 0 atom stereocenters. The molecule has 0 saturated carbocycles. The SMILES string of the molecule is O=C1NCCN1c1cnn(C2CN(c3ccc4nccn4n3)C2)c1. The van der Waals surface area contributed by atoms with E-state index < -0.39 is 0 Å². The predicted molar refractivity (Wildman–Crippen MR) is 87.2 cm³/mol. The Balaban J connectivity index is 1.29. The van der Waals surface area contributed by atoms with E-state index in [1.165, 1.54) is 0 Å². The Morgan fingerprint density at radius 1 is 1.25 bits per heavy atom. The normalized spacial score (nSPS) is 18.2. The fraction of sp³-hybridized carbons (Fsp3) is 0.333. The van der Waals surface area contributed by atoms with Crippen LogP contribution >= 0.6 is 0 Å². The van der Waals surface area contributed by atoms with Crippen LogP contribution in [0.15, 0.2) is 36.9 Å². The van der Waals surface area contributed by atoms with E-state index in [1.807, 2.05) is 29.2 Å². The van der Waals surface area contributed by atoms with E-state index in [9.17, 15) is 4.79 Å². The molecule has 3 aromatic heterocycles. The van der Waals surface area contributed by atoms with Gasteiger partial charge in [0, 0.05) is 44.8 Å². The van der Waals surface area contributed by atoms with Crippen molar-refractivity contribution in [2.24, 2.45) is 0 Å². The second kappa shape index (κ2) is 4.95. The van der Waals surface area contributed by atoms with Crippen molar-refractivity contribution in [1.82, 2.24) is 29.7 Å². The maximum Gasteiger partial charge on any atom is 0.322 e. The quantitative estimate of drug-likeness (QED) is 0.759. The van der Waals surface area contributed by atoms with Gasteiger partial charge in [-0.05, 0) is 12.1 Å². The molecule has 2 aliphatic rings. The molecule has 0 aromatic carbocycles. The summed E-state index contributed by atoms with van der Waals surface area (Å²) in [7, 11) is 0. The lowest BCUT2D eigenvalue weighted by molar-refractivity contribution is 0.252. The number of hydrogen-bond acceptors (Lipinski definition) is 5. The molecule has 2 amide bonds. The Morgan fingerprint density at radius 2 is 2.17 bits per heavy atom. The van der Waals surface area contributed by atoms with Crippen molar-refractivity contribution in [3.05, 3.63) is 36.9 Å². The Hall–Kier alpha value is -3.10. The van der Waals surface area contributed by atoms with Crippen LogP contribution < -0.4 is 15.1 Å². The van der Waals surface area contributed by atoms with Crippen molar-refractivity contribution in [1.29, 1.82) is 0 Å². The lowest BCUT2D eigenvalue weighted by Crippen LogP contribution is -2.48. The van der Waals surface area contributed by atoms with Crippen molar-refractivity contribution in [2.45, 2.75) is 6.04 Å². The number of urea groups is 1. The highest BCUT2D eigenvalue weighted by Crippen LogP contribution is 2.27. The maximum atomic E-state index is 11.7. The molecule has 1 N–H and O–H groups in total. The van der Waals surface area contributed by atoms with Gasteiger partial charge in [0.1, 0.15) is 5.82 Å². The van der Waals surface area contributed by atoms with Crippen molar-refractivity contribution in [3.8, 4) is 0 Å². The molecule has 122 valence electrons. The van der Waals surface area contributed by atoms with Gasteiger partial charge >= 0.3 is 6.03 Å². The fourth-order valence-corrected chi connectivity index (χ4v) is 3.17. The maximum absolute atomic E-state index is 11.7. The van der Waals surface area contributed by atoms with E-state index in [4.69, 9.17) is 0 Å². The number of carbonyl (C=O) groups excluding carboxylic acids is 1. The monoisotopic (exact) mass is 324 g/mol. The van der Waals surface area contributed by atoms with E-state index in [-0.39, 0.29) is 6.03 Å². The molecule has 2 saturated heterocycles. The number of anilines is 2. The van der Waals surface area contributed by atoms with E-state index >= 15 is 0 Å². The van der Waals surface area contributed by atoms with Crippen molar-refractivity contribution >= 4 is 23.2 Å². The molecule has 0 spiro atoms. The summed E-state index contributed by atoms with van der Waals surface area (Å²) >= 11 is 0. The minimum atomic E-state index is -0.0531. The number of imidazole rings is 1. The first-order chi connectivity index (χ1) is 11.8. The first kappa shape index (κ1) is 13.3. The number of nitrogens with zero attached hydrogens (tertiary/aromatic N) is 7. The van der Waals surface area contributed by atoms with E-state index in [1.54, 1.807) is 21.8 Å². The van der Waals surface area contributed by atoms with Crippen LogP contribution in [-0.4, -0.2) is 56.6 Å². The highest BCUT2D eigenvalue weighted by atomic mass is 16.2. The van der Waals surface area contributed by atoms with Gasteiger partial charge in [-0.3, -0.25) is 9.58 Å². The minimum absolute atomic E-state index is 0.0531. The molecular formula is C15H16N8O. The average Bonchev–Trinajstić information content (AvgIpc) is 3.25. The molecule has 2 fully saturated rings. The van der Waals surface area contributed by atoms with Gasteiger partial charge in [-0.15, -0.1) is 5.10 Å². The zero-order valence-electron chi connectivity index (χ0n) is 12.9. The Bertz CT molecular complexity index is 909. The molecule has 0 radical (unpaired) electrons. The van der Waals surface area contributed by atoms with E-state index in [0.29, 0.717) is 19.1 Å². The van der Waals surface area contributed by atoms with Crippen molar-refractivity contribution in [2.75, 3.05) is 36.0 Å². The third kappa shape index (κ3) is 2.01. The molecule has 0 bridgehead atoms. The first-order valence-corrected chi connectivity index (χ1v) is 7.93. The Labute approximate surface area is 137 Å². The standard InChI is InChI=1S/C15H16N8O/c24-15-17-3-5-21(15)11-7-18-23(10-11)12-8-20(9-12)14-2-1-13-16-4-6-22(13)19-14/h1-2,4,6-7,10,12H,3,5,8-9H2,(H,17,24). The zero-order chi connectivity index (χ0) is 16.1. The third-order valence-corrected chi connectivity index (χ3v) is 4.56. The van der Waals surface area contributed by atoms with Crippen LogP contribution in [0.5, 0.6) is 0 Å². The number of nitrogens with one attached hydrogen (secondary N) is 1. The second-order valence-corrected chi connectivity index (χ2v) is 6.04. The molecule has 9 nitrogen and oxygen atoms in total. The third-order valence-electron chi connectivity index (χ3n) is 4.56. The van der Waals surface area contributed by atoms with Gasteiger partial charge in [0.15, 0.2) is 5.65 Å². The summed E-state index contributed by atoms with van der Waals surface area (Å²) in [5.41, 5.74) is 1.69. The number of hydrogen-bond donors (Lipinski definition) is 1.